The lowest BCUT2D eigenvalue weighted by Crippen LogP contribution is -2.37. The van der Waals surface area contributed by atoms with E-state index in [2.05, 4.69) is 5.32 Å². The molecule has 1 aromatic carbocycles. The molecule has 19 heavy (non-hydrogen) atoms. The highest BCUT2D eigenvalue weighted by atomic mass is 35.5. The summed E-state index contributed by atoms with van der Waals surface area (Å²) in [5.74, 6) is -0.0941. The van der Waals surface area contributed by atoms with E-state index in [4.69, 9.17) is 22.1 Å². The fourth-order valence-corrected chi connectivity index (χ4v) is 2.58. The van der Waals surface area contributed by atoms with E-state index in [1.807, 2.05) is 31.2 Å². The lowest BCUT2D eigenvalue weighted by atomic mass is 10.1. The summed E-state index contributed by atoms with van der Waals surface area (Å²) in [6, 6.07) is 7.36. The van der Waals surface area contributed by atoms with Crippen LogP contribution >= 0.6 is 11.6 Å². The van der Waals surface area contributed by atoms with Gasteiger partial charge in [0.15, 0.2) is 0 Å². The number of hydrogen-bond acceptors (Lipinski definition) is 3. The topological polar surface area (TPSA) is 64.4 Å². The van der Waals surface area contributed by atoms with Gasteiger partial charge < -0.3 is 15.8 Å². The fourth-order valence-electron chi connectivity index (χ4n) is 2.28. The summed E-state index contributed by atoms with van der Waals surface area (Å²) in [6.07, 6.45) is 1.18. The molecular weight excluding hydrogens is 264 g/mol. The van der Waals surface area contributed by atoms with Crippen molar-refractivity contribution < 1.29 is 9.53 Å². The molecule has 1 aromatic rings. The first-order valence-electron chi connectivity index (χ1n) is 6.52. The summed E-state index contributed by atoms with van der Waals surface area (Å²) >= 11 is 6.11. The quantitative estimate of drug-likeness (QED) is 0.888. The van der Waals surface area contributed by atoms with Crippen LogP contribution in [-0.4, -0.2) is 24.7 Å². The van der Waals surface area contributed by atoms with E-state index in [1.54, 1.807) is 0 Å². The Morgan fingerprint density at radius 3 is 2.89 bits per heavy atom. The molecule has 1 saturated heterocycles. The number of amides is 1. The molecular formula is C14H19ClN2O2. The summed E-state index contributed by atoms with van der Waals surface area (Å²) in [4.78, 5) is 12.1. The first-order valence-corrected chi connectivity index (χ1v) is 6.90. The second kappa shape index (κ2) is 6.37. The van der Waals surface area contributed by atoms with E-state index < -0.39 is 6.10 Å². The van der Waals surface area contributed by atoms with Gasteiger partial charge in [-0.3, -0.25) is 4.79 Å². The number of benzene rings is 1. The van der Waals surface area contributed by atoms with E-state index in [0.29, 0.717) is 11.6 Å². The Bertz CT molecular complexity index is 453. The number of carbonyl (C=O) groups is 1. The SMILES string of the molecule is CC(NC(=O)[C@@H]1CC[C@H](CN)O1)c1ccccc1Cl. The van der Waals surface area contributed by atoms with E-state index >= 15 is 0 Å². The van der Waals surface area contributed by atoms with Crippen LogP contribution in [0.25, 0.3) is 0 Å². The Morgan fingerprint density at radius 2 is 2.26 bits per heavy atom. The second-order valence-electron chi connectivity index (χ2n) is 4.81. The molecule has 0 bridgehead atoms. The van der Waals surface area contributed by atoms with Crippen LogP contribution in [0.15, 0.2) is 24.3 Å². The molecule has 1 aliphatic rings. The van der Waals surface area contributed by atoms with Gasteiger partial charge in [-0.1, -0.05) is 29.8 Å². The molecule has 1 fully saturated rings. The van der Waals surface area contributed by atoms with Crippen molar-refractivity contribution in [1.82, 2.24) is 5.32 Å². The van der Waals surface area contributed by atoms with Crippen LogP contribution in [0.3, 0.4) is 0 Å². The predicted molar refractivity (Wildman–Crippen MR) is 75.0 cm³/mol. The van der Waals surface area contributed by atoms with Gasteiger partial charge in [0, 0.05) is 11.6 Å². The maximum absolute atomic E-state index is 12.1. The van der Waals surface area contributed by atoms with Crippen LogP contribution in [-0.2, 0) is 9.53 Å². The zero-order chi connectivity index (χ0) is 13.8. The normalized spacial score (nSPS) is 24.2. The van der Waals surface area contributed by atoms with E-state index in [-0.39, 0.29) is 18.1 Å². The lowest BCUT2D eigenvalue weighted by Gasteiger charge is -2.18. The van der Waals surface area contributed by atoms with Crippen LogP contribution in [0.1, 0.15) is 31.4 Å². The van der Waals surface area contributed by atoms with Crippen molar-refractivity contribution in [2.24, 2.45) is 5.73 Å². The molecule has 3 N–H and O–H groups in total. The highest BCUT2D eigenvalue weighted by Crippen LogP contribution is 2.24. The number of ether oxygens (including phenoxy) is 1. The highest BCUT2D eigenvalue weighted by molar-refractivity contribution is 6.31. The van der Waals surface area contributed by atoms with Gasteiger partial charge >= 0.3 is 0 Å². The first kappa shape index (κ1) is 14.3. The minimum absolute atomic E-state index is 0.00590. The maximum Gasteiger partial charge on any atom is 0.249 e. The molecule has 1 unspecified atom stereocenters. The number of halogens is 1. The summed E-state index contributed by atoms with van der Waals surface area (Å²) < 4.78 is 5.57. The molecule has 104 valence electrons. The van der Waals surface area contributed by atoms with Crippen LogP contribution in [0.2, 0.25) is 5.02 Å². The smallest absolute Gasteiger partial charge is 0.249 e. The maximum atomic E-state index is 12.1. The van der Waals surface area contributed by atoms with Crippen LogP contribution in [0.5, 0.6) is 0 Å². The van der Waals surface area contributed by atoms with Crippen molar-refractivity contribution in [3.8, 4) is 0 Å². The molecule has 1 amide bonds. The third kappa shape index (κ3) is 3.47. The first-order chi connectivity index (χ1) is 9.11. The van der Waals surface area contributed by atoms with Crippen molar-refractivity contribution in [1.29, 1.82) is 0 Å². The third-order valence-corrected chi connectivity index (χ3v) is 3.74. The minimum Gasteiger partial charge on any atom is -0.364 e. The molecule has 1 aliphatic heterocycles. The number of nitrogens with two attached hydrogens (primary N) is 1. The van der Waals surface area contributed by atoms with Crippen LogP contribution in [0, 0.1) is 0 Å². The number of carbonyl (C=O) groups excluding carboxylic acids is 1. The molecule has 0 aliphatic carbocycles. The number of hydrogen-bond donors (Lipinski definition) is 2. The lowest BCUT2D eigenvalue weighted by molar-refractivity contribution is -0.132. The zero-order valence-electron chi connectivity index (χ0n) is 10.9. The van der Waals surface area contributed by atoms with Gasteiger partial charge in [0.25, 0.3) is 0 Å². The van der Waals surface area contributed by atoms with Gasteiger partial charge in [-0.2, -0.15) is 0 Å². The standard InChI is InChI=1S/C14H19ClN2O2/c1-9(11-4-2-3-5-12(11)15)17-14(18)13-7-6-10(8-16)19-13/h2-5,9-10,13H,6-8,16H2,1H3,(H,17,18)/t9?,10-,13+/m1/s1. The highest BCUT2D eigenvalue weighted by Gasteiger charge is 2.30. The van der Waals surface area contributed by atoms with Crippen molar-refractivity contribution in [3.05, 3.63) is 34.9 Å². The largest absolute Gasteiger partial charge is 0.364 e. The van der Waals surface area contributed by atoms with Gasteiger partial charge in [0.2, 0.25) is 5.91 Å². The minimum atomic E-state index is -0.390. The number of nitrogens with one attached hydrogen (secondary N) is 1. The summed E-state index contributed by atoms with van der Waals surface area (Å²) in [5.41, 5.74) is 6.44. The zero-order valence-corrected chi connectivity index (χ0v) is 11.7. The van der Waals surface area contributed by atoms with Crippen LogP contribution < -0.4 is 11.1 Å². The molecule has 4 nitrogen and oxygen atoms in total. The molecule has 0 aromatic heterocycles. The number of rotatable bonds is 4. The van der Waals surface area contributed by atoms with E-state index in [9.17, 15) is 4.79 Å². The molecule has 3 atom stereocenters. The Labute approximate surface area is 118 Å². The monoisotopic (exact) mass is 282 g/mol. The average Bonchev–Trinajstić information content (AvgIpc) is 2.88. The van der Waals surface area contributed by atoms with Gasteiger partial charge in [-0.25, -0.2) is 0 Å². The Hall–Kier alpha value is -1.10. The van der Waals surface area contributed by atoms with Gasteiger partial charge in [-0.15, -0.1) is 0 Å². The average molecular weight is 283 g/mol. The Balaban J connectivity index is 1.94. The Morgan fingerprint density at radius 1 is 1.53 bits per heavy atom. The van der Waals surface area contributed by atoms with Crippen LogP contribution in [0.4, 0.5) is 0 Å². The third-order valence-electron chi connectivity index (χ3n) is 3.39. The van der Waals surface area contributed by atoms with E-state index in [1.165, 1.54) is 0 Å². The fraction of sp³-hybridized carbons (Fsp3) is 0.500. The molecule has 1 heterocycles. The van der Waals surface area contributed by atoms with Crippen molar-refractivity contribution in [3.63, 3.8) is 0 Å². The van der Waals surface area contributed by atoms with Gasteiger partial charge in [0.05, 0.1) is 12.1 Å². The van der Waals surface area contributed by atoms with Crippen molar-refractivity contribution >= 4 is 17.5 Å². The predicted octanol–water partition coefficient (Wildman–Crippen LogP) is 2.02. The Kier molecular flexibility index (Phi) is 4.80. The summed E-state index contributed by atoms with van der Waals surface area (Å²) in [6.45, 7) is 2.37. The second-order valence-corrected chi connectivity index (χ2v) is 5.22. The molecule has 0 radical (unpaired) electrons. The van der Waals surface area contributed by atoms with Crippen molar-refractivity contribution in [2.45, 2.75) is 38.0 Å². The van der Waals surface area contributed by atoms with Gasteiger partial charge in [-0.05, 0) is 31.4 Å². The van der Waals surface area contributed by atoms with Gasteiger partial charge in [0.1, 0.15) is 6.10 Å². The summed E-state index contributed by atoms with van der Waals surface area (Å²) in [5, 5.41) is 3.59. The summed E-state index contributed by atoms with van der Waals surface area (Å²) in [7, 11) is 0. The molecule has 2 rings (SSSR count). The van der Waals surface area contributed by atoms with E-state index in [0.717, 1.165) is 18.4 Å². The molecule has 5 heteroatoms. The molecule has 0 spiro atoms. The molecule has 0 saturated carbocycles. The van der Waals surface area contributed by atoms with Crippen molar-refractivity contribution in [2.75, 3.05) is 6.54 Å².